The molecule has 1 unspecified atom stereocenters. The van der Waals surface area contributed by atoms with Crippen LogP contribution in [0, 0.1) is 11.2 Å². The van der Waals surface area contributed by atoms with Gasteiger partial charge in [0.15, 0.2) is 0 Å². The molecule has 3 rings (SSSR count). The second-order valence-corrected chi connectivity index (χ2v) is 12.3. The van der Waals surface area contributed by atoms with Crippen LogP contribution in [0.3, 0.4) is 0 Å². The number of thioether (sulfide) groups is 1. The van der Waals surface area contributed by atoms with Crippen molar-refractivity contribution < 1.29 is 9.59 Å². The maximum absolute atomic E-state index is 12.0. The number of nitrogens with zero attached hydrogens (tertiary/aromatic N) is 2. The number of likely N-dealkylation sites (tertiary alicyclic amines) is 1. The van der Waals surface area contributed by atoms with Gasteiger partial charge in [0.1, 0.15) is 6.54 Å². The maximum Gasteiger partial charge on any atom is 0.243 e. The lowest BCUT2D eigenvalue weighted by molar-refractivity contribution is -0.131. The van der Waals surface area contributed by atoms with E-state index in [-0.39, 0.29) is 11.9 Å². The van der Waals surface area contributed by atoms with Crippen LogP contribution in [0.25, 0.3) is 4.91 Å². The molecular weight excluding hydrogens is 577 g/mol. The van der Waals surface area contributed by atoms with Gasteiger partial charge in [-0.15, -0.1) is 0 Å². The van der Waals surface area contributed by atoms with E-state index in [0.717, 1.165) is 57.2 Å². The van der Waals surface area contributed by atoms with E-state index in [2.05, 4.69) is 61.7 Å². The average Bonchev–Trinajstić information content (AvgIpc) is 3.61. The summed E-state index contributed by atoms with van der Waals surface area (Å²) in [5.74, 6) is 3.30. The van der Waals surface area contributed by atoms with Crippen LogP contribution < -0.4 is 10.7 Å². The minimum Gasteiger partial charge on any atom is -0.352 e. The van der Waals surface area contributed by atoms with Crippen LogP contribution in [-0.2, 0) is 9.59 Å². The molecule has 0 spiro atoms. The molecule has 1 heterocycles. The fraction of sp³-hybridized carbons (Fsp3) is 0.632. The number of amides is 2. The Morgan fingerprint density at radius 3 is 1.98 bits per heavy atom. The van der Waals surface area contributed by atoms with E-state index in [4.69, 9.17) is 0 Å². The summed E-state index contributed by atoms with van der Waals surface area (Å²) in [6, 6.07) is 8.30. The Morgan fingerprint density at radius 1 is 0.978 bits per heavy atom. The zero-order valence-electron chi connectivity index (χ0n) is 30.1. The lowest BCUT2D eigenvalue weighted by Crippen LogP contribution is -2.41. The van der Waals surface area contributed by atoms with Crippen LogP contribution in [0.1, 0.15) is 143 Å². The monoisotopic (exact) mass is 640 g/mol. The lowest BCUT2D eigenvalue weighted by Gasteiger charge is -2.23. The molecule has 1 aromatic rings. The van der Waals surface area contributed by atoms with E-state index in [0.29, 0.717) is 6.54 Å². The molecule has 1 aliphatic carbocycles. The quantitative estimate of drug-likeness (QED) is 0.143. The largest absolute Gasteiger partial charge is 0.352 e. The zero-order chi connectivity index (χ0) is 33.9. The number of hydrogen-bond acceptors (Lipinski definition) is 5. The van der Waals surface area contributed by atoms with Gasteiger partial charge in [0.2, 0.25) is 12.3 Å². The van der Waals surface area contributed by atoms with E-state index < -0.39 is 0 Å². The van der Waals surface area contributed by atoms with Crippen LogP contribution in [0.4, 0.5) is 0 Å². The highest BCUT2D eigenvalue weighted by Gasteiger charge is 2.19. The molecule has 7 heteroatoms. The number of hydrazine groups is 1. The third-order valence-corrected chi connectivity index (χ3v) is 8.51. The Morgan fingerprint density at radius 2 is 1.53 bits per heavy atom. The topological polar surface area (TPSA) is 64.7 Å². The normalized spacial score (nSPS) is 14.4. The molecule has 45 heavy (non-hydrogen) atoms. The first kappa shape index (κ1) is 42.3. The molecule has 1 aliphatic heterocycles. The average molecular weight is 641 g/mol. The van der Waals surface area contributed by atoms with Crippen LogP contribution in [0.5, 0.6) is 0 Å². The Labute approximate surface area is 281 Å². The Kier molecular flexibility index (Phi) is 26.0. The van der Waals surface area contributed by atoms with Gasteiger partial charge < -0.3 is 15.2 Å². The van der Waals surface area contributed by atoms with Crippen molar-refractivity contribution in [2.45, 2.75) is 132 Å². The number of hydrogen-bond donors (Lipinski definition) is 2. The van der Waals surface area contributed by atoms with Crippen LogP contribution in [-0.4, -0.2) is 48.9 Å². The van der Waals surface area contributed by atoms with Gasteiger partial charge in [0.05, 0.1) is 6.04 Å². The molecule has 0 aromatic heterocycles. The molecule has 2 aliphatic rings. The first-order chi connectivity index (χ1) is 21.8. The molecule has 254 valence electrons. The highest BCUT2D eigenvalue weighted by Crippen LogP contribution is 2.30. The lowest BCUT2D eigenvalue weighted by atomic mass is 10.0. The van der Waals surface area contributed by atoms with E-state index in [1.807, 2.05) is 63.0 Å². The van der Waals surface area contributed by atoms with Gasteiger partial charge in [-0.3, -0.25) is 9.59 Å². The number of nitrogens with one attached hydrogen (secondary N) is 2. The second-order valence-electron chi connectivity index (χ2n) is 11.5. The van der Waals surface area contributed by atoms with E-state index >= 15 is 0 Å². The molecule has 0 radical (unpaired) electrons. The first-order valence-electron chi connectivity index (χ1n) is 17.3. The molecule has 6 nitrogen and oxygen atoms in total. The molecule has 0 bridgehead atoms. The van der Waals surface area contributed by atoms with Gasteiger partial charge in [-0.2, -0.15) is 0 Å². The first-order valence-corrected chi connectivity index (χ1v) is 18.1. The molecule has 1 saturated heterocycles. The van der Waals surface area contributed by atoms with Crippen molar-refractivity contribution in [3.05, 3.63) is 52.7 Å². The van der Waals surface area contributed by atoms with Crippen LogP contribution in [0.2, 0.25) is 0 Å². The summed E-state index contributed by atoms with van der Waals surface area (Å²) >= 11 is 1.58. The SMILES string of the molecule is C1CCCCC1.CC.CCC#CSC(=C(C)C)c1ccc(C(C)NC=O)cc1.CCC/C(C)=C\N(CC(=O)N1CCCC1)NC. The number of carbonyl (C=O) groups excluding carboxylic acids is 2. The molecule has 1 atom stereocenters. The predicted molar refractivity (Wildman–Crippen MR) is 197 cm³/mol. The number of rotatable bonds is 11. The second kappa shape index (κ2) is 27.6. The Bertz CT molecular complexity index is 1030. The van der Waals surface area contributed by atoms with Gasteiger partial charge >= 0.3 is 0 Å². The summed E-state index contributed by atoms with van der Waals surface area (Å²) in [5.41, 5.74) is 7.88. The maximum atomic E-state index is 12.0. The zero-order valence-corrected chi connectivity index (χ0v) is 30.9. The van der Waals surface area contributed by atoms with Crippen LogP contribution in [0.15, 0.2) is 41.6 Å². The fourth-order valence-electron chi connectivity index (χ4n) is 4.92. The highest BCUT2D eigenvalue weighted by molar-refractivity contribution is 8.12. The standard InChI is InChI=1S/C17H21NOS.C13H25N3O.C6H12.C2H6/c1-5-6-11-20-17(13(2)3)16-9-7-15(8-10-16)14(4)18-12-19;1-4-7-12(2)10-16(14-3)11-13(17)15-8-5-6-9-15;1-2-4-6-5-3-1;1-2/h7-10,12,14H,5H2,1-4H3,(H,18,19);10,14H,4-9,11H2,1-3H3;1-6H2;1-2H3/b;12-10-;;. The van der Waals surface area contributed by atoms with Gasteiger partial charge in [0.25, 0.3) is 0 Å². The smallest absolute Gasteiger partial charge is 0.243 e. The third-order valence-electron chi connectivity index (χ3n) is 7.42. The van der Waals surface area contributed by atoms with Crippen molar-refractivity contribution in [1.29, 1.82) is 0 Å². The van der Waals surface area contributed by atoms with E-state index in [1.54, 1.807) is 11.8 Å². The van der Waals surface area contributed by atoms with Crippen molar-refractivity contribution in [2.24, 2.45) is 0 Å². The van der Waals surface area contributed by atoms with E-state index in [1.165, 1.54) is 60.1 Å². The number of benzene rings is 1. The van der Waals surface area contributed by atoms with Gasteiger partial charge in [0, 0.05) is 37.7 Å². The highest BCUT2D eigenvalue weighted by atomic mass is 32.2. The summed E-state index contributed by atoms with van der Waals surface area (Å²) in [7, 11) is 1.85. The summed E-state index contributed by atoms with van der Waals surface area (Å²) in [6.45, 7) is 18.8. The molecule has 2 N–H and O–H groups in total. The summed E-state index contributed by atoms with van der Waals surface area (Å²) < 4.78 is 0. The minimum absolute atomic E-state index is 0.0317. The number of carbonyl (C=O) groups is 2. The molecule has 1 saturated carbocycles. The third kappa shape index (κ3) is 19.4. The molecular formula is C38H64N4O2S. The summed E-state index contributed by atoms with van der Waals surface area (Å²) in [4.78, 5) is 25.6. The van der Waals surface area contributed by atoms with Crippen LogP contribution >= 0.6 is 11.8 Å². The van der Waals surface area contributed by atoms with Crippen molar-refractivity contribution in [2.75, 3.05) is 26.7 Å². The van der Waals surface area contributed by atoms with Gasteiger partial charge in [-0.1, -0.05) is 114 Å². The summed E-state index contributed by atoms with van der Waals surface area (Å²) in [5, 5.41) is 7.76. The summed E-state index contributed by atoms with van der Waals surface area (Å²) in [6.07, 6.45) is 17.2. The van der Waals surface area contributed by atoms with Crippen molar-refractivity contribution >= 4 is 29.0 Å². The molecule has 2 fully saturated rings. The minimum atomic E-state index is 0.0317. The van der Waals surface area contributed by atoms with Crippen molar-refractivity contribution in [3.8, 4) is 11.2 Å². The number of allylic oxidation sites excluding steroid dienone is 2. The molecule has 2 amide bonds. The fourth-order valence-corrected chi connectivity index (χ4v) is 5.69. The predicted octanol–water partition coefficient (Wildman–Crippen LogP) is 9.46. The Hall–Kier alpha value is -2.69. The Balaban J connectivity index is 0.000000697. The molecule has 1 aromatic carbocycles. The van der Waals surface area contributed by atoms with E-state index in [9.17, 15) is 9.59 Å². The van der Waals surface area contributed by atoms with Gasteiger partial charge in [-0.05, 0) is 75.1 Å². The van der Waals surface area contributed by atoms with Gasteiger partial charge in [-0.25, -0.2) is 5.43 Å². The van der Waals surface area contributed by atoms with Crippen molar-refractivity contribution in [3.63, 3.8) is 0 Å². The van der Waals surface area contributed by atoms with Crippen molar-refractivity contribution in [1.82, 2.24) is 20.7 Å².